The molecule has 2 aromatic carbocycles. The molecule has 6 heteroatoms. The number of benzene rings is 2. The minimum Gasteiger partial charge on any atom is -0.321 e. The molecule has 0 bridgehead atoms. The van der Waals surface area contributed by atoms with Crippen molar-refractivity contribution in [2.45, 2.75) is 17.6 Å². The molecule has 0 spiro atoms. The van der Waals surface area contributed by atoms with Gasteiger partial charge in [0.05, 0.1) is 11.4 Å². The number of aryl methyl sites for hydroxylation is 1. The molecule has 5 nitrogen and oxygen atoms in total. The van der Waals surface area contributed by atoms with Gasteiger partial charge in [0, 0.05) is 29.0 Å². The van der Waals surface area contributed by atoms with E-state index in [2.05, 4.69) is 10.3 Å². The van der Waals surface area contributed by atoms with Crippen molar-refractivity contribution in [2.75, 3.05) is 5.32 Å². The minimum atomic E-state index is -0.200. The molecule has 0 fully saturated rings. The summed E-state index contributed by atoms with van der Waals surface area (Å²) in [7, 11) is 0. The highest BCUT2D eigenvalue weighted by atomic mass is 32.2. The molecule has 0 aliphatic heterocycles. The van der Waals surface area contributed by atoms with Crippen LogP contribution in [0.1, 0.15) is 16.8 Å². The van der Waals surface area contributed by atoms with Crippen LogP contribution in [0.15, 0.2) is 94.8 Å². The standard InChI is InChI=1S/C25H21N3O2S/c1-18-11-13-23-26-20(15-25(30)28(23)16-18)17-31-22-10-6-5-9-21(22)27-24(29)14-12-19-7-3-2-4-8-19/h2-16H,17H2,1H3,(H,27,29). The first-order chi connectivity index (χ1) is 15.1. The molecule has 0 saturated heterocycles. The number of thioether (sulfide) groups is 1. The molecular formula is C25H21N3O2S. The number of rotatable bonds is 6. The fraction of sp³-hybridized carbons (Fsp3) is 0.0800. The molecule has 154 valence electrons. The quantitative estimate of drug-likeness (QED) is 0.349. The Labute approximate surface area is 184 Å². The maximum absolute atomic E-state index is 12.4. The lowest BCUT2D eigenvalue weighted by Gasteiger charge is -2.10. The maximum Gasteiger partial charge on any atom is 0.258 e. The number of amides is 1. The van der Waals surface area contributed by atoms with Crippen molar-refractivity contribution in [1.29, 1.82) is 0 Å². The fourth-order valence-electron chi connectivity index (χ4n) is 3.09. The van der Waals surface area contributed by atoms with Crippen molar-refractivity contribution in [3.05, 3.63) is 112 Å². The highest BCUT2D eigenvalue weighted by molar-refractivity contribution is 7.98. The zero-order valence-electron chi connectivity index (χ0n) is 17.0. The Balaban J connectivity index is 1.47. The van der Waals surface area contributed by atoms with Crippen molar-refractivity contribution >= 4 is 35.1 Å². The number of nitrogens with one attached hydrogen (secondary N) is 1. The van der Waals surface area contributed by atoms with E-state index in [1.54, 1.807) is 22.7 Å². The van der Waals surface area contributed by atoms with Gasteiger partial charge in [-0.3, -0.25) is 14.0 Å². The van der Waals surface area contributed by atoms with Gasteiger partial charge in [0.15, 0.2) is 0 Å². The van der Waals surface area contributed by atoms with E-state index in [-0.39, 0.29) is 11.5 Å². The molecule has 4 rings (SSSR count). The van der Waals surface area contributed by atoms with E-state index in [1.165, 1.54) is 17.8 Å². The smallest absolute Gasteiger partial charge is 0.258 e. The van der Waals surface area contributed by atoms with E-state index < -0.39 is 0 Å². The first kappa shape index (κ1) is 20.6. The second kappa shape index (κ2) is 9.45. The molecule has 0 saturated carbocycles. The van der Waals surface area contributed by atoms with Crippen LogP contribution in [0.3, 0.4) is 0 Å². The fourth-order valence-corrected chi connectivity index (χ4v) is 3.99. The van der Waals surface area contributed by atoms with Crippen LogP contribution in [0.2, 0.25) is 0 Å². The molecule has 0 unspecified atom stereocenters. The summed E-state index contributed by atoms with van der Waals surface area (Å²) in [6, 6.07) is 22.6. The Morgan fingerprint density at radius 2 is 1.84 bits per heavy atom. The molecule has 2 heterocycles. The first-order valence-electron chi connectivity index (χ1n) is 9.83. The van der Waals surface area contributed by atoms with Crippen molar-refractivity contribution < 1.29 is 4.79 Å². The number of aromatic nitrogens is 2. The number of carbonyl (C=O) groups excluding carboxylic acids is 1. The van der Waals surface area contributed by atoms with Gasteiger partial charge < -0.3 is 5.32 Å². The molecular weight excluding hydrogens is 406 g/mol. The summed E-state index contributed by atoms with van der Waals surface area (Å²) in [5.41, 5.74) is 3.92. The highest BCUT2D eigenvalue weighted by Crippen LogP contribution is 2.29. The van der Waals surface area contributed by atoms with Crippen LogP contribution in [0.5, 0.6) is 0 Å². The molecule has 0 aliphatic rings. The zero-order chi connectivity index (χ0) is 21.6. The Morgan fingerprint density at radius 1 is 1.06 bits per heavy atom. The number of anilines is 1. The lowest BCUT2D eigenvalue weighted by Crippen LogP contribution is -2.15. The second-order valence-electron chi connectivity index (χ2n) is 7.04. The summed E-state index contributed by atoms with van der Waals surface area (Å²) in [5.74, 6) is 0.321. The van der Waals surface area contributed by atoms with E-state index in [1.807, 2.05) is 73.7 Å². The Morgan fingerprint density at radius 3 is 2.68 bits per heavy atom. The lowest BCUT2D eigenvalue weighted by molar-refractivity contribution is -0.111. The third kappa shape index (κ3) is 5.29. The van der Waals surface area contributed by atoms with Crippen LogP contribution >= 0.6 is 11.8 Å². The minimum absolute atomic E-state index is 0.100. The van der Waals surface area contributed by atoms with Crippen LogP contribution in [-0.4, -0.2) is 15.3 Å². The van der Waals surface area contributed by atoms with E-state index >= 15 is 0 Å². The van der Waals surface area contributed by atoms with Crippen LogP contribution in [-0.2, 0) is 10.5 Å². The van der Waals surface area contributed by atoms with Gasteiger partial charge in [-0.2, -0.15) is 0 Å². The summed E-state index contributed by atoms with van der Waals surface area (Å²) in [4.78, 5) is 30.3. The molecule has 0 atom stereocenters. The van der Waals surface area contributed by atoms with Crippen LogP contribution < -0.4 is 10.9 Å². The normalized spacial score (nSPS) is 11.1. The molecule has 2 aromatic heterocycles. The van der Waals surface area contributed by atoms with Gasteiger partial charge in [-0.1, -0.05) is 48.5 Å². The largest absolute Gasteiger partial charge is 0.321 e. The summed E-state index contributed by atoms with van der Waals surface area (Å²) in [6.45, 7) is 1.94. The molecule has 4 aromatic rings. The van der Waals surface area contributed by atoms with Crippen molar-refractivity contribution in [3.63, 3.8) is 0 Å². The number of fused-ring (bicyclic) bond motifs is 1. The van der Waals surface area contributed by atoms with Crippen molar-refractivity contribution in [2.24, 2.45) is 0 Å². The number of para-hydroxylation sites is 1. The van der Waals surface area contributed by atoms with Gasteiger partial charge in [-0.15, -0.1) is 11.8 Å². The number of pyridine rings is 1. The van der Waals surface area contributed by atoms with Gasteiger partial charge in [0.1, 0.15) is 5.65 Å². The Bertz CT molecular complexity index is 1310. The monoisotopic (exact) mass is 427 g/mol. The van der Waals surface area contributed by atoms with E-state index in [4.69, 9.17) is 0 Å². The molecule has 1 N–H and O–H groups in total. The highest BCUT2D eigenvalue weighted by Gasteiger charge is 2.08. The summed E-state index contributed by atoms with van der Waals surface area (Å²) in [6.07, 6.45) is 5.08. The maximum atomic E-state index is 12.4. The third-order valence-electron chi connectivity index (χ3n) is 4.61. The average molecular weight is 428 g/mol. The van der Waals surface area contributed by atoms with Crippen LogP contribution in [0.25, 0.3) is 11.7 Å². The van der Waals surface area contributed by atoms with Crippen molar-refractivity contribution in [1.82, 2.24) is 9.38 Å². The van der Waals surface area contributed by atoms with Gasteiger partial charge in [-0.25, -0.2) is 4.98 Å². The second-order valence-corrected chi connectivity index (χ2v) is 8.06. The Hall–Kier alpha value is -3.64. The van der Waals surface area contributed by atoms with Gasteiger partial charge in [0.25, 0.3) is 5.56 Å². The zero-order valence-corrected chi connectivity index (χ0v) is 17.8. The number of carbonyl (C=O) groups is 1. The number of nitrogens with zero attached hydrogens (tertiary/aromatic N) is 2. The van der Waals surface area contributed by atoms with E-state index in [0.717, 1.165) is 21.7 Å². The van der Waals surface area contributed by atoms with Gasteiger partial charge >= 0.3 is 0 Å². The van der Waals surface area contributed by atoms with Gasteiger partial charge in [-0.05, 0) is 42.3 Å². The number of hydrogen-bond donors (Lipinski definition) is 1. The average Bonchev–Trinajstić information content (AvgIpc) is 2.78. The third-order valence-corrected chi connectivity index (χ3v) is 5.71. The summed E-state index contributed by atoms with van der Waals surface area (Å²) >= 11 is 1.53. The van der Waals surface area contributed by atoms with Crippen LogP contribution in [0, 0.1) is 6.92 Å². The first-order valence-corrected chi connectivity index (χ1v) is 10.8. The Kier molecular flexibility index (Phi) is 6.29. The topological polar surface area (TPSA) is 63.5 Å². The molecule has 0 aliphatic carbocycles. The lowest BCUT2D eigenvalue weighted by atomic mass is 10.2. The SMILES string of the molecule is Cc1ccc2nc(CSc3ccccc3NC(=O)C=Cc3ccccc3)cc(=O)n2c1. The summed E-state index contributed by atoms with van der Waals surface area (Å²) < 4.78 is 1.55. The van der Waals surface area contributed by atoms with Gasteiger partial charge in [0.2, 0.25) is 5.91 Å². The summed E-state index contributed by atoms with van der Waals surface area (Å²) in [5, 5.41) is 2.93. The molecule has 0 radical (unpaired) electrons. The predicted octanol–water partition coefficient (Wildman–Crippen LogP) is 4.95. The van der Waals surface area contributed by atoms with E-state index in [0.29, 0.717) is 17.1 Å². The van der Waals surface area contributed by atoms with Crippen molar-refractivity contribution in [3.8, 4) is 0 Å². The van der Waals surface area contributed by atoms with E-state index in [9.17, 15) is 9.59 Å². The van der Waals surface area contributed by atoms with Crippen LogP contribution in [0.4, 0.5) is 5.69 Å². The molecule has 31 heavy (non-hydrogen) atoms. The molecule has 1 amide bonds. The predicted molar refractivity (Wildman–Crippen MR) is 126 cm³/mol. The number of hydrogen-bond acceptors (Lipinski definition) is 4.